The second-order valence-electron chi connectivity index (χ2n) is 4.73. The molecule has 0 atom stereocenters. The van der Waals surface area contributed by atoms with E-state index < -0.39 is 28.1 Å². The minimum Gasteiger partial charge on any atom is -0.340 e. The lowest BCUT2D eigenvalue weighted by Gasteiger charge is -2.21. The van der Waals surface area contributed by atoms with Crippen molar-refractivity contribution in [1.29, 1.82) is 0 Å². The number of sulfonamides is 1. The maximum atomic E-state index is 12.8. The molecule has 5 nitrogen and oxygen atoms in total. The number of amides is 2. The smallest absolute Gasteiger partial charge is 0.328 e. The lowest BCUT2D eigenvalue weighted by atomic mass is 9.86. The van der Waals surface area contributed by atoms with Crippen LogP contribution in [0.1, 0.15) is 19.4 Å². The van der Waals surface area contributed by atoms with Crippen molar-refractivity contribution >= 4 is 16.1 Å². The van der Waals surface area contributed by atoms with Gasteiger partial charge in [-0.2, -0.15) is 0 Å². The lowest BCUT2D eigenvalue weighted by molar-refractivity contribution is 0.248. The van der Waals surface area contributed by atoms with Gasteiger partial charge in [-0.15, -0.1) is 0 Å². The quantitative estimate of drug-likeness (QED) is 0.882. The van der Waals surface area contributed by atoms with Crippen LogP contribution >= 0.6 is 0 Å². The average Bonchev–Trinajstić information content (AvgIpc) is 2.38. The zero-order valence-corrected chi connectivity index (χ0v) is 11.8. The molecule has 1 aromatic rings. The van der Waals surface area contributed by atoms with Gasteiger partial charge in [-0.3, -0.25) is 4.39 Å². The van der Waals surface area contributed by atoms with Crippen molar-refractivity contribution < 1.29 is 17.6 Å². The zero-order chi connectivity index (χ0) is 14.7. The van der Waals surface area contributed by atoms with Gasteiger partial charge in [0.15, 0.2) is 0 Å². The standard InChI is InChI=1S/C12H17FN2O3S/c1-12(2,8-13)9-4-6-10(7-5-9)19(17,18)15-11(16)14-3/h4-7H,8H2,1-3H3,(H2,14,15,16). The van der Waals surface area contributed by atoms with Crippen molar-refractivity contribution in [2.45, 2.75) is 24.2 Å². The molecule has 0 heterocycles. The summed E-state index contributed by atoms with van der Waals surface area (Å²) < 4.78 is 38.2. The molecule has 0 aromatic heterocycles. The predicted octanol–water partition coefficient (Wildman–Crippen LogP) is 1.55. The molecular formula is C12H17FN2O3S. The van der Waals surface area contributed by atoms with Gasteiger partial charge in [-0.25, -0.2) is 17.9 Å². The first-order valence-electron chi connectivity index (χ1n) is 5.64. The highest BCUT2D eigenvalue weighted by molar-refractivity contribution is 7.90. The third-order valence-electron chi connectivity index (χ3n) is 2.73. The van der Waals surface area contributed by atoms with Crippen molar-refractivity contribution in [2.24, 2.45) is 0 Å². The number of benzene rings is 1. The van der Waals surface area contributed by atoms with Gasteiger partial charge in [0.25, 0.3) is 10.0 Å². The van der Waals surface area contributed by atoms with E-state index in [0.717, 1.165) is 0 Å². The van der Waals surface area contributed by atoms with Crippen molar-refractivity contribution in [3.63, 3.8) is 0 Å². The summed E-state index contributed by atoms with van der Waals surface area (Å²) in [5, 5.41) is 2.16. The second kappa shape index (κ2) is 5.56. The van der Waals surface area contributed by atoms with E-state index >= 15 is 0 Å². The van der Waals surface area contributed by atoms with E-state index in [1.165, 1.54) is 31.3 Å². The Labute approximate surface area is 112 Å². The number of rotatable bonds is 4. The average molecular weight is 288 g/mol. The first-order chi connectivity index (χ1) is 8.73. The van der Waals surface area contributed by atoms with Crippen LogP contribution < -0.4 is 10.0 Å². The number of urea groups is 1. The Kier molecular flexibility index (Phi) is 4.52. The summed E-state index contributed by atoms with van der Waals surface area (Å²) in [5.74, 6) is 0. The van der Waals surface area contributed by atoms with Gasteiger partial charge in [-0.1, -0.05) is 26.0 Å². The number of carbonyl (C=O) groups is 1. The van der Waals surface area contributed by atoms with Gasteiger partial charge >= 0.3 is 6.03 Å². The maximum absolute atomic E-state index is 12.8. The second-order valence-corrected chi connectivity index (χ2v) is 6.41. The van der Waals surface area contributed by atoms with Crippen LogP contribution in [0, 0.1) is 0 Å². The van der Waals surface area contributed by atoms with Crippen molar-refractivity contribution in [3.05, 3.63) is 29.8 Å². The molecule has 0 aliphatic carbocycles. The summed E-state index contributed by atoms with van der Waals surface area (Å²) in [6.45, 7) is 2.90. The first kappa shape index (κ1) is 15.4. The summed E-state index contributed by atoms with van der Waals surface area (Å²) >= 11 is 0. The van der Waals surface area contributed by atoms with Gasteiger partial charge in [0.05, 0.1) is 11.6 Å². The van der Waals surface area contributed by atoms with E-state index in [-0.39, 0.29) is 4.90 Å². The normalized spacial score (nSPS) is 12.0. The van der Waals surface area contributed by atoms with E-state index in [1.54, 1.807) is 13.8 Å². The Bertz CT molecular complexity index is 553. The van der Waals surface area contributed by atoms with Gasteiger partial charge in [0.1, 0.15) is 0 Å². The molecule has 0 spiro atoms. The predicted molar refractivity (Wildman–Crippen MR) is 70.2 cm³/mol. The highest BCUT2D eigenvalue weighted by Crippen LogP contribution is 2.24. The maximum Gasteiger partial charge on any atom is 0.328 e. The van der Waals surface area contributed by atoms with Crippen LogP contribution in [0.4, 0.5) is 9.18 Å². The lowest BCUT2D eigenvalue weighted by Crippen LogP contribution is -2.37. The third-order valence-corrected chi connectivity index (χ3v) is 4.08. The van der Waals surface area contributed by atoms with E-state index in [1.807, 2.05) is 4.72 Å². The van der Waals surface area contributed by atoms with Gasteiger partial charge < -0.3 is 5.32 Å². The number of halogens is 1. The monoisotopic (exact) mass is 288 g/mol. The molecule has 1 aromatic carbocycles. The molecule has 0 saturated heterocycles. The largest absolute Gasteiger partial charge is 0.340 e. The molecule has 0 bridgehead atoms. The highest BCUT2D eigenvalue weighted by Gasteiger charge is 2.22. The van der Waals surface area contributed by atoms with E-state index in [4.69, 9.17) is 0 Å². The van der Waals surface area contributed by atoms with Crippen molar-refractivity contribution in [3.8, 4) is 0 Å². The molecule has 1 rings (SSSR count). The van der Waals surface area contributed by atoms with Crippen molar-refractivity contribution in [2.75, 3.05) is 13.7 Å². The fraction of sp³-hybridized carbons (Fsp3) is 0.417. The van der Waals surface area contributed by atoms with Crippen LogP contribution in [0.3, 0.4) is 0 Å². The highest BCUT2D eigenvalue weighted by atomic mass is 32.2. The molecule has 0 aliphatic heterocycles. The third kappa shape index (κ3) is 3.66. The molecular weight excluding hydrogens is 271 g/mol. The van der Waals surface area contributed by atoms with Crippen LogP contribution in [0.25, 0.3) is 0 Å². The molecule has 0 aliphatic rings. The van der Waals surface area contributed by atoms with Crippen LogP contribution in [-0.2, 0) is 15.4 Å². The number of alkyl halides is 1. The Morgan fingerprint density at radius 1 is 1.26 bits per heavy atom. The Balaban J connectivity index is 3.02. The summed E-state index contributed by atoms with van der Waals surface area (Å²) in [7, 11) is -2.58. The SMILES string of the molecule is CNC(=O)NS(=O)(=O)c1ccc(C(C)(C)CF)cc1. The molecule has 19 heavy (non-hydrogen) atoms. The summed E-state index contributed by atoms with van der Waals surface area (Å²) in [4.78, 5) is 11.0. The fourth-order valence-electron chi connectivity index (χ4n) is 1.39. The Morgan fingerprint density at radius 3 is 2.21 bits per heavy atom. The zero-order valence-electron chi connectivity index (χ0n) is 11.0. The number of hydrogen-bond donors (Lipinski definition) is 2. The topological polar surface area (TPSA) is 75.3 Å². The molecule has 7 heteroatoms. The number of carbonyl (C=O) groups excluding carboxylic acids is 1. The Morgan fingerprint density at radius 2 is 1.79 bits per heavy atom. The molecule has 2 amide bonds. The minimum absolute atomic E-state index is 0.0468. The van der Waals surface area contributed by atoms with Crippen LogP contribution in [-0.4, -0.2) is 28.2 Å². The molecule has 0 radical (unpaired) electrons. The minimum atomic E-state index is -3.90. The van der Waals surface area contributed by atoms with E-state index in [9.17, 15) is 17.6 Å². The number of hydrogen-bond acceptors (Lipinski definition) is 3. The van der Waals surface area contributed by atoms with Gasteiger partial charge in [0.2, 0.25) is 0 Å². The van der Waals surface area contributed by atoms with Gasteiger partial charge in [-0.05, 0) is 17.7 Å². The molecule has 2 N–H and O–H groups in total. The van der Waals surface area contributed by atoms with E-state index in [0.29, 0.717) is 5.56 Å². The van der Waals surface area contributed by atoms with E-state index in [2.05, 4.69) is 5.32 Å². The molecule has 0 unspecified atom stereocenters. The van der Waals surface area contributed by atoms with Crippen molar-refractivity contribution in [1.82, 2.24) is 10.0 Å². The Hall–Kier alpha value is -1.63. The molecule has 0 saturated carbocycles. The van der Waals surface area contributed by atoms with Gasteiger partial charge in [0, 0.05) is 12.5 Å². The summed E-state index contributed by atoms with van der Waals surface area (Å²) in [6, 6.07) is 4.96. The van der Waals surface area contributed by atoms with Crippen LogP contribution in [0.15, 0.2) is 29.2 Å². The molecule has 0 fully saturated rings. The fourth-order valence-corrected chi connectivity index (χ4v) is 2.35. The first-order valence-corrected chi connectivity index (χ1v) is 7.12. The molecule has 106 valence electrons. The number of nitrogens with one attached hydrogen (secondary N) is 2. The summed E-state index contributed by atoms with van der Waals surface area (Å²) in [6.07, 6.45) is 0. The van der Waals surface area contributed by atoms with Crippen LogP contribution in [0.2, 0.25) is 0 Å². The summed E-state index contributed by atoms with van der Waals surface area (Å²) in [5.41, 5.74) is 0.0187. The van der Waals surface area contributed by atoms with Crippen LogP contribution in [0.5, 0.6) is 0 Å².